The number of alkyl halides is 3. The number of rotatable bonds is 3. The molecule has 0 bridgehead atoms. The van der Waals surface area contributed by atoms with E-state index in [4.69, 9.17) is 16.3 Å². The summed E-state index contributed by atoms with van der Waals surface area (Å²) in [6.45, 7) is 0.182. The van der Waals surface area contributed by atoms with Crippen molar-refractivity contribution in [1.29, 1.82) is 0 Å². The van der Waals surface area contributed by atoms with Crippen LogP contribution >= 0.6 is 11.6 Å². The van der Waals surface area contributed by atoms with Gasteiger partial charge in [-0.2, -0.15) is 18.3 Å². The molecule has 0 fully saturated rings. The summed E-state index contributed by atoms with van der Waals surface area (Å²) in [4.78, 5) is 0. The number of hydrogen-bond acceptors (Lipinski definition) is 4. The number of nitrogens with zero attached hydrogens (tertiary/aromatic N) is 2. The van der Waals surface area contributed by atoms with Crippen LogP contribution in [0.3, 0.4) is 0 Å². The maximum absolute atomic E-state index is 12.8. The highest BCUT2D eigenvalue weighted by atomic mass is 35.5. The van der Waals surface area contributed by atoms with Crippen LogP contribution < -0.4 is 9.46 Å². The number of aryl methyl sites for hydroxylation is 1. The van der Waals surface area contributed by atoms with E-state index in [9.17, 15) is 21.6 Å². The van der Waals surface area contributed by atoms with E-state index in [1.807, 2.05) is 0 Å². The Bertz CT molecular complexity index is 1180. The number of benzene rings is 2. The van der Waals surface area contributed by atoms with Crippen LogP contribution in [-0.4, -0.2) is 24.0 Å². The Kier molecular flexibility index (Phi) is 4.70. The number of aromatic nitrogens is 2. The van der Waals surface area contributed by atoms with Gasteiger partial charge in [0.1, 0.15) is 17.3 Å². The zero-order valence-electron chi connectivity index (χ0n) is 14.6. The highest BCUT2D eigenvalue weighted by Gasteiger charge is 2.31. The van der Waals surface area contributed by atoms with E-state index in [0.717, 1.165) is 12.1 Å². The Morgan fingerprint density at radius 2 is 1.83 bits per heavy atom. The molecule has 152 valence electrons. The minimum atomic E-state index is -4.46. The van der Waals surface area contributed by atoms with Crippen LogP contribution in [0.25, 0.3) is 11.1 Å². The largest absolute Gasteiger partial charge is 0.457 e. The number of anilines is 1. The number of sulfonamides is 1. The highest BCUT2D eigenvalue weighted by Crippen LogP contribution is 2.38. The molecule has 1 aliphatic heterocycles. The molecular weight excluding hydrogens is 431 g/mol. The molecule has 1 aromatic heterocycles. The summed E-state index contributed by atoms with van der Waals surface area (Å²) in [6, 6.07) is 10.9. The quantitative estimate of drug-likeness (QED) is 0.633. The molecule has 0 saturated carbocycles. The van der Waals surface area contributed by atoms with Crippen molar-refractivity contribution < 1.29 is 26.3 Å². The first-order valence-corrected chi connectivity index (χ1v) is 10.4. The molecule has 1 aliphatic rings. The Hall–Kier alpha value is -2.72. The minimum absolute atomic E-state index is 0.0429. The summed E-state index contributed by atoms with van der Waals surface area (Å²) >= 11 is 6.19. The third kappa shape index (κ3) is 4.03. The Morgan fingerprint density at radius 1 is 1.10 bits per heavy atom. The topological polar surface area (TPSA) is 73.2 Å². The third-order valence-electron chi connectivity index (χ3n) is 4.27. The van der Waals surface area contributed by atoms with Gasteiger partial charge in [0, 0.05) is 0 Å². The standard InChI is InChI=1S/C18H13ClF3N3O3S/c19-16-15(17-24-29(26,27)9-8-25(17)23-16)11-4-6-13(7-5-11)28-14-3-1-2-12(10-14)18(20,21)22/h1-7,10,24H,8-9H2. The molecule has 0 atom stereocenters. The SMILES string of the molecule is O=S1(=O)CCn2nc(Cl)c(-c3ccc(Oc4cccc(C(F)(F)F)c4)cc3)c2N1. The molecule has 2 aromatic carbocycles. The van der Waals surface area contributed by atoms with Crippen molar-refractivity contribution in [2.75, 3.05) is 10.5 Å². The summed E-state index contributed by atoms with van der Waals surface area (Å²) in [5.41, 5.74) is 0.190. The number of ether oxygens (including phenoxy) is 1. The first kappa shape index (κ1) is 19.6. The molecule has 11 heteroatoms. The molecule has 1 N–H and O–H groups in total. The van der Waals surface area contributed by atoms with Crippen LogP contribution in [0.15, 0.2) is 48.5 Å². The normalized spacial score (nSPS) is 15.4. The van der Waals surface area contributed by atoms with E-state index in [1.54, 1.807) is 24.3 Å². The van der Waals surface area contributed by atoms with Crippen LogP contribution in [0.1, 0.15) is 5.56 Å². The second-order valence-electron chi connectivity index (χ2n) is 6.31. The zero-order chi connectivity index (χ0) is 20.8. The average Bonchev–Trinajstić information content (AvgIpc) is 2.96. The molecule has 6 nitrogen and oxygen atoms in total. The van der Waals surface area contributed by atoms with Gasteiger partial charge in [-0.3, -0.25) is 4.72 Å². The molecule has 0 aliphatic carbocycles. The predicted octanol–water partition coefficient (Wildman–Crippen LogP) is 4.77. The van der Waals surface area contributed by atoms with E-state index in [0.29, 0.717) is 16.9 Å². The van der Waals surface area contributed by atoms with E-state index in [2.05, 4.69) is 9.82 Å². The summed E-state index contributed by atoms with van der Waals surface area (Å²) in [5.74, 6) is 0.529. The lowest BCUT2D eigenvalue weighted by Gasteiger charge is -2.17. The predicted molar refractivity (Wildman–Crippen MR) is 102 cm³/mol. The molecular formula is C18H13ClF3N3O3S. The van der Waals surface area contributed by atoms with Gasteiger partial charge in [-0.1, -0.05) is 29.8 Å². The van der Waals surface area contributed by atoms with Gasteiger partial charge in [-0.15, -0.1) is 0 Å². The van der Waals surface area contributed by atoms with Crippen LogP contribution in [-0.2, 0) is 22.7 Å². The number of halogens is 4. The van der Waals surface area contributed by atoms with Crippen molar-refractivity contribution in [2.24, 2.45) is 0 Å². The summed E-state index contributed by atoms with van der Waals surface area (Å²) < 4.78 is 71.6. The molecule has 0 unspecified atom stereocenters. The molecule has 0 saturated heterocycles. The van der Waals surface area contributed by atoms with Gasteiger partial charge in [0.15, 0.2) is 5.15 Å². The van der Waals surface area contributed by atoms with Gasteiger partial charge in [-0.25, -0.2) is 13.1 Å². The Balaban J connectivity index is 1.61. The molecule has 4 rings (SSSR count). The van der Waals surface area contributed by atoms with E-state index in [-0.39, 0.29) is 29.0 Å². The van der Waals surface area contributed by atoms with Gasteiger partial charge in [0.05, 0.1) is 23.4 Å². The monoisotopic (exact) mass is 443 g/mol. The van der Waals surface area contributed by atoms with E-state index in [1.165, 1.54) is 16.8 Å². The van der Waals surface area contributed by atoms with E-state index < -0.39 is 21.8 Å². The second kappa shape index (κ2) is 6.96. The van der Waals surface area contributed by atoms with Crippen LogP contribution in [0.5, 0.6) is 11.5 Å². The van der Waals surface area contributed by atoms with Gasteiger partial charge >= 0.3 is 6.18 Å². The zero-order valence-corrected chi connectivity index (χ0v) is 16.1. The average molecular weight is 444 g/mol. The number of hydrogen-bond donors (Lipinski definition) is 1. The van der Waals surface area contributed by atoms with Gasteiger partial charge in [0.25, 0.3) is 0 Å². The molecule has 0 amide bonds. The van der Waals surface area contributed by atoms with Crippen LogP contribution in [0.2, 0.25) is 5.15 Å². The number of nitrogens with one attached hydrogen (secondary N) is 1. The maximum Gasteiger partial charge on any atom is 0.416 e. The smallest absolute Gasteiger partial charge is 0.416 e. The molecule has 2 heterocycles. The fraction of sp³-hybridized carbons (Fsp3) is 0.167. The van der Waals surface area contributed by atoms with Crippen molar-refractivity contribution in [3.05, 3.63) is 59.2 Å². The van der Waals surface area contributed by atoms with Gasteiger partial charge in [0.2, 0.25) is 10.0 Å². The fourth-order valence-corrected chi connectivity index (χ4v) is 4.23. The van der Waals surface area contributed by atoms with Gasteiger partial charge in [-0.05, 0) is 35.9 Å². The molecule has 0 spiro atoms. The number of fused-ring (bicyclic) bond motifs is 1. The van der Waals surface area contributed by atoms with Crippen LogP contribution in [0.4, 0.5) is 19.0 Å². The van der Waals surface area contributed by atoms with E-state index >= 15 is 0 Å². The van der Waals surface area contributed by atoms with Crippen LogP contribution in [0, 0.1) is 0 Å². The third-order valence-corrected chi connectivity index (χ3v) is 5.76. The van der Waals surface area contributed by atoms with Crippen molar-refractivity contribution in [2.45, 2.75) is 12.7 Å². The Morgan fingerprint density at radius 3 is 2.52 bits per heavy atom. The molecule has 29 heavy (non-hydrogen) atoms. The van der Waals surface area contributed by atoms with Crippen molar-refractivity contribution >= 4 is 27.4 Å². The van der Waals surface area contributed by atoms with Gasteiger partial charge < -0.3 is 4.74 Å². The lowest BCUT2D eigenvalue weighted by molar-refractivity contribution is -0.137. The molecule has 3 aromatic rings. The second-order valence-corrected chi connectivity index (χ2v) is 8.51. The highest BCUT2D eigenvalue weighted by molar-refractivity contribution is 7.92. The van der Waals surface area contributed by atoms with Crippen molar-refractivity contribution in [3.8, 4) is 22.6 Å². The summed E-state index contributed by atoms with van der Waals surface area (Å²) in [7, 11) is -3.46. The first-order valence-electron chi connectivity index (χ1n) is 8.35. The lowest BCUT2D eigenvalue weighted by Crippen LogP contribution is -2.28. The maximum atomic E-state index is 12.8. The van der Waals surface area contributed by atoms with Crippen molar-refractivity contribution in [3.63, 3.8) is 0 Å². The lowest BCUT2D eigenvalue weighted by atomic mass is 10.1. The van der Waals surface area contributed by atoms with Crippen molar-refractivity contribution in [1.82, 2.24) is 9.78 Å². The first-order chi connectivity index (χ1) is 13.6. The minimum Gasteiger partial charge on any atom is -0.457 e. The molecule has 0 radical (unpaired) electrons. The fourth-order valence-electron chi connectivity index (χ4n) is 2.92. The summed E-state index contributed by atoms with van der Waals surface area (Å²) in [6.07, 6.45) is -4.46. The Labute approximate surface area is 168 Å². The summed E-state index contributed by atoms with van der Waals surface area (Å²) in [5, 5.41) is 4.27.